The second-order valence-electron chi connectivity index (χ2n) is 8.62. The Balaban J connectivity index is 1.41. The summed E-state index contributed by atoms with van der Waals surface area (Å²) in [5.74, 6) is 0.0167. The molecule has 1 atom stereocenters. The number of aromatic nitrogens is 1. The third-order valence-corrected chi connectivity index (χ3v) is 8.75. The van der Waals surface area contributed by atoms with E-state index in [1.54, 1.807) is 18.7 Å². The fraction of sp³-hybridized carbons (Fsp3) is 0.750. The standard InChI is InChI=1S/C20H30N4O5S/c1-14-19(15(2)29-21-14)30(27,28)23-9-5-8-22(10-11-23)20(26)16-12-18(25)24(13-16)17-6-3-4-7-17/h16-17H,3-13H2,1-2H3/t16-/m0/s1. The molecule has 2 aliphatic heterocycles. The van der Waals surface area contributed by atoms with Crippen LogP contribution in [0.4, 0.5) is 0 Å². The molecule has 0 N–H and O–H groups in total. The summed E-state index contributed by atoms with van der Waals surface area (Å²) in [6, 6.07) is 0.287. The third kappa shape index (κ3) is 3.87. The molecule has 9 nitrogen and oxygen atoms in total. The summed E-state index contributed by atoms with van der Waals surface area (Å²) < 4.78 is 32.6. The van der Waals surface area contributed by atoms with Crippen LogP contribution in [0.25, 0.3) is 0 Å². The van der Waals surface area contributed by atoms with Crippen LogP contribution in [0.15, 0.2) is 9.42 Å². The number of nitrogens with zero attached hydrogens (tertiary/aromatic N) is 4. The third-order valence-electron chi connectivity index (χ3n) is 6.61. The lowest BCUT2D eigenvalue weighted by atomic mass is 10.1. The molecule has 2 amide bonds. The van der Waals surface area contributed by atoms with Crippen molar-refractivity contribution in [2.24, 2.45) is 5.92 Å². The van der Waals surface area contributed by atoms with Gasteiger partial charge in [-0.15, -0.1) is 0 Å². The van der Waals surface area contributed by atoms with Crippen LogP contribution in [0.2, 0.25) is 0 Å². The maximum Gasteiger partial charge on any atom is 0.248 e. The molecule has 1 aliphatic carbocycles. The molecule has 3 heterocycles. The Hall–Kier alpha value is -1.94. The largest absolute Gasteiger partial charge is 0.360 e. The molecule has 0 bridgehead atoms. The molecule has 2 saturated heterocycles. The number of hydrogen-bond acceptors (Lipinski definition) is 6. The van der Waals surface area contributed by atoms with Crippen LogP contribution >= 0.6 is 0 Å². The maximum absolute atomic E-state index is 13.1. The number of rotatable bonds is 4. The zero-order valence-electron chi connectivity index (χ0n) is 17.7. The van der Waals surface area contributed by atoms with Crippen LogP contribution in [0.1, 0.15) is 50.0 Å². The van der Waals surface area contributed by atoms with E-state index in [9.17, 15) is 18.0 Å². The van der Waals surface area contributed by atoms with Gasteiger partial charge in [-0.3, -0.25) is 9.59 Å². The second kappa shape index (κ2) is 8.30. The fourth-order valence-corrected chi connectivity index (χ4v) is 6.81. The SMILES string of the molecule is Cc1noc(C)c1S(=O)(=O)N1CCCN(C(=O)[C@H]2CC(=O)N(C3CCCC3)C2)CC1. The van der Waals surface area contributed by atoms with Crippen LogP contribution in [-0.4, -0.2) is 78.3 Å². The second-order valence-corrected chi connectivity index (χ2v) is 10.5. The summed E-state index contributed by atoms with van der Waals surface area (Å²) in [6.45, 7) is 5.10. The predicted octanol–water partition coefficient (Wildman–Crippen LogP) is 1.31. The first-order chi connectivity index (χ1) is 14.3. The zero-order chi connectivity index (χ0) is 21.5. The van der Waals surface area contributed by atoms with Crippen LogP contribution in [-0.2, 0) is 19.6 Å². The maximum atomic E-state index is 13.1. The number of sulfonamides is 1. The van der Waals surface area contributed by atoms with Crippen LogP contribution in [0, 0.1) is 19.8 Å². The Morgan fingerprint density at radius 1 is 1.07 bits per heavy atom. The van der Waals surface area contributed by atoms with Gasteiger partial charge < -0.3 is 14.3 Å². The molecule has 166 valence electrons. The lowest BCUT2D eigenvalue weighted by Crippen LogP contribution is -2.41. The van der Waals surface area contributed by atoms with Gasteiger partial charge in [-0.25, -0.2) is 8.42 Å². The number of hydrogen-bond donors (Lipinski definition) is 0. The summed E-state index contributed by atoms with van der Waals surface area (Å²) in [7, 11) is -3.72. The Labute approximate surface area is 177 Å². The van der Waals surface area contributed by atoms with Crippen molar-refractivity contribution < 1.29 is 22.5 Å². The van der Waals surface area contributed by atoms with E-state index in [1.807, 2.05) is 4.90 Å². The van der Waals surface area contributed by atoms with Crippen LogP contribution in [0.3, 0.4) is 0 Å². The van der Waals surface area contributed by atoms with Gasteiger partial charge in [-0.2, -0.15) is 4.31 Å². The minimum Gasteiger partial charge on any atom is -0.360 e. The van der Waals surface area contributed by atoms with Crippen LogP contribution in [0.5, 0.6) is 0 Å². The molecule has 1 aromatic rings. The van der Waals surface area contributed by atoms with Gasteiger partial charge in [0.2, 0.25) is 21.8 Å². The van der Waals surface area contributed by atoms with E-state index in [2.05, 4.69) is 5.16 Å². The van der Waals surface area contributed by atoms with Gasteiger partial charge in [0.1, 0.15) is 10.6 Å². The number of likely N-dealkylation sites (tertiary alicyclic amines) is 1. The highest BCUT2D eigenvalue weighted by Crippen LogP contribution is 2.31. The summed E-state index contributed by atoms with van der Waals surface area (Å²) >= 11 is 0. The van der Waals surface area contributed by atoms with Crippen molar-refractivity contribution in [2.45, 2.75) is 63.3 Å². The summed E-state index contributed by atoms with van der Waals surface area (Å²) in [6.07, 6.45) is 5.19. The lowest BCUT2D eigenvalue weighted by Gasteiger charge is -2.26. The summed E-state index contributed by atoms with van der Waals surface area (Å²) in [5.41, 5.74) is 0.348. The number of carbonyl (C=O) groups excluding carboxylic acids is 2. The monoisotopic (exact) mass is 438 g/mol. The molecule has 30 heavy (non-hydrogen) atoms. The topological polar surface area (TPSA) is 104 Å². The highest BCUT2D eigenvalue weighted by molar-refractivity contribution is 7.89. The van der Waals surface area contributed by atoms with Gasteiger partial charge in [-0.1, -0.05) is 18.0 Å². The van der Waals surface area contributed by atoms with E-state index >= 15 is 0 Å². The molecule has 1 aromatic heterocycles. The van der Waals surface area contributed by atoms with Crippen molar-refractivity contribution in [1.29, 1.82) is 0 Å². The van der Waals surface area contributed by atoms with E-state index in [-0.39, 0.29) is 47.4 Å². The minimum atomic E-state index is -3.72. The lowest BCUT2D eigenvalue weighted by molar-refractivity contribution is -0.135. The van der Waals surface area contributed by atoms with Crippen molar-refractivity contribution in [1.82, 2.24) is 19.3 Å². The van der Waals surface area contributed by atoms with Gasteiger partial charge in [0.05, 0.1) is 5.92 Å². The molecular weight excluding hydrogens is 408 g/mol. The molecule has 1 saturated carbocycles. The summed E-state index contributed by atoms with van der Waals surface area (Å²) in [5, 5.41) is 3.76. The van der Waals surface area contributed by atoms with E-state index in [1.165, 1.54) is 4.31 Å². The summed E-state index contributed by atoms with van der Waals surface area (Å²) in [4.78, 5) is 29.3. The van der Waals surface area contributed by atoms with Crippen molar-refractivity contribution in [3.63, 3.8) is 0 Å². The number of amides is 2. The molecule has 3 aliphatic rings. The zero-order valence-corrected chi connectivity index (χ0v) is 18.5. The first-order valence-corrected chi connectivity index (χ1v) is 12.2. The van der Waals surface area contributed by atoms with Gasteiger partial charge in [0.25, 0.3) is 0 Å². The molecule has 0 spiro atoms. The number of carbonyl (C=O) groups is 2. The molecular formula is C20H30N4O5S. The molecule has 3 fully saturated rings. The average Bonchev–Trinajstić information content (AvgIpc) is 3.38. The van der Waals surface area contributed by atoms with E-state index < -0.39 is 10.0 Å². The van der Waals surface area contributed by atoms with Crippen molar-refractivity contribution in [3.8, 4) is 0 Å². The first kappa shape index (κ1) is 21.3. The fourth-order valence-electron chi connectivity index (χ4n) is 5.05. The van der Waals surface area contributed by atoms with Crippen molar-refractivity contribution in [3.05, 3.63) is 11.5 Å². The first-order valence-electron chi connectivity index (χ1n) is 10.8. The smallest absolute Gasteiger partial charge is 0.248 e. The van der Waals surface area contributed by atoms with E-state index in [0.29, 0.717) is 38.3 Å². The minimum absolute atomic E-state index is 0.0274. The highest BCUT2D eigenvalue weighted by atomic mass is 32.2. The number of aryl methyl sites for hydroxylation is 2. The van der Waals surface area contributed by atoms with Gasteiger partial charge in [0.15, 0.2) is 5.76 Å². The van der Waals surface area contributed by atoms with E-state index in [0.717, 1.165) is 25.7 Å². The van der Waals surface area contributed by atoms with Crippen molar-refractivity contribution in [2.75, 3.05) is 32.7 Å². The van der Waals surface area contributed by atoms with Gasteiger partial charge in [-0.05, 0) is 33.1 Å². The highest BCUT2D eigenvalue weighted by Gasteiger charge is 2.41. The molecule has 0 unspecified atom stereocenters. The predicted molar refractivity (Wildman–Crippen MR) is 108 cm³/mol. The molecule has 0 aromatic carbocycles. The van der Waals surface area contributed by atoms with Crippen molar-refractivity contribution >= 4 is 21.8 Å². The Kier molecular flexibility index (Phi) is 5.89. The quantitative estimate of drug-likeness (QED) is 0.702. The molecule has 0 radical (unpaired) electrons. The normalized spacial score (nSPS) is 24.6. The van der Waals surface area contributed by atoms with Gasteiger partial charge in [0, 0.05) is 45.2 Å². The Morgan fingerprint density at radius 3 is 2.47 bits per heavy atom. The van der Waals surface area contributed by atoms with E-state index in [4.69, 9.17) is 4.52 Å². The molecule has 4 rings (SSSR count). The molecule has 10 heteroatoms. The average molecular weight is 439 g/mol. The Bertz CT molecular complexity index is 902. The van der Waals surface area contributed by atoms with Crippen LogP contribution < -0.4 is 0 Å². The van der Waals surface area contributed by atoms with Gasteiger partial charge >= 0.3 is 0 Å². The Morgan fingerprint density at radius 2 is 1.80 bits per heavy atom.